The van der Waals surface area contributed by atoms with Crippen LogP contribution < -0.4 is 5.32 Å². The highest BCUT2D eigenvalue weighted by atomic mass is 32.2. The molecular formula is C20H23N3O5S3. The van der Waals surface area contributed by atoms with Gasteiger partial charge >= 0.3 is 0 Å². The van der Waals surface area contributed by atoms with Crippen molar-refractivity contribution in [2.75, 3.05) is 25.2 Å². The van der Waals surface area contributed by atoms with Gasteiger partial charge < -0.3 is 0 Å². The van der Waals surface area contributed by atoms with Gasteiger partial charge in [-0.2, -0.15) is 0 Å². The van der Waals surface area contributed by atoms with Crippen molar-refractivity contribution in [1.82, 2.24) is 9.29 Å². The molecule has 0 radical (unpaired) electrons. The van der Waals surface area contributed by atoms with Crippen LogP contribution in [-0.2, 0) is 19.9 Å². The maximum atomic E-state index is 12.6. The summed E-state index contributed by atoms with van der Waals surface area (Å²) in [4.78, 5) is 17.2. The van der Waals surface area contributed by atoms with Gasteiger partial charge in [-0.05, 0) is 48.9 Å². The predicted octanol–water partition coefficient (Wildman–Crippen LogP) is 3.37. The number of rotatable bonds is 8. The van der Waals surface area contributed by atoms with Crippen molar-refractivity contribution in [1.29, 1.82) is 0 Å². The number of nitrogens with one attached hydrogen (secondary N) is 1. The number of thiazole rings is 1. The van der Waals surface area contributed by atoms with Crippen molar-refractivity contribution < 1.29 is 21.6 Å². The van der Waals surface area contributed by atoms with Crippen molar-refractivity contribution in [3.8, 4) is 0 Å². The summed E-state index contributed by atoms with van der Waals surface area (Å²) in [5.74, 6) is -0.439. The van der Waals surface area contributed by atoms with Crippen LogP contribution >= 0.6 is 11.3 Å². The highest BCUT2D eigenvalue weighted by Crippen LogP contribution is 2.28. The second kappa shape index (κ2) is 9.03. The fourth-order valence-corrected chi connectivity index (χ4v) is 5.65. The maximum absolute atomic E-state index is 12.6. The second-order valence-corrected chi connectivity index (χ2v) is 12.2. The van der Waals surface area contributed by atoms with E-state index in [0.717, 1.165) is 30.4 Å². The molecule has 0 fully saturated rings. The normalized spacial score (nSPS) is 12.4. The Morgan fingerprint density at radius 1 is 1.06 bits per heavy atom. The van der Waals surface area contributed by atoms with Gasteiger partial charge in [-0.25, -0.2) is 26.1 Å². The number of carbonyl (C=O) groups excluding carboxylic acids is 1. The van der Waals surface area contributed by atoms with Gasteiger partial charge in [0.2, 0.25) is 10.0 Å². The molecule has 8 nitrogen and oxygen atoms in total. The Morgan fingerprint density at radius 2 is 1.71 bits per heavy atom. The predicted molar refractivity (Wildman–Crippen MR) is 122 cm³/mol. The van der Waals surface area contributed by atoms with Gasteiger partial charge in [-0.15, -0.1) is 0 Å². The molecule has 3 rings (SSSR count). The van der Waals surface area contributed by atoms with Gasteiger partial charge in [-0.3, -0.25) is 10.1 Å². The number of hydrogen-bond acceptors (Lipinski definition) is 7. The van der Waals surface area contributed by atoms with E-state index < -0.39 is 25.8 Å². The third-order valence-electron chi connectivity index (χ3n) is 4.66. The van der Waals surface area contributed by atoms with Crippen LogP contribution in [0.4, 0.5) is 5.13 Å². The summed E-state index contributed by atoms with van der Waals surface area (Å²) in [5, 5.41) is 2.99. The summed E-state index contributed by atoms with van der Waals surface area (Å²) >= 11 is 1.16. The van der Waals surface area contributed by atoms with Crippen molar-refractivity contribution in [3.63, 3.8) is 0 Å². The van der Waals surface area contributed by atoms with Crippen LogP contribution in [0.3, 0.4) is 0 Å². The third kappa shape index (κ3) is 5.29. The quantitative estimate of drug-likeness (QED) is 0.528. The molecule has 11 heteroatoms. The topological polar surface area (TPSA) is 114 Å². The summed E-state index contributed by atoms with van der Waals surface area (Å²) in [6.07, 6.45) is 2.79. The lowest BCUT2D eigenvalue weighted by Crippen LogP contribution is -2.28. The first kappa shape index (κ1) is 23.3. The smallest absolute Gasteiger partial charge is 0.257 e. The monoisotopic (exact) mass is 481 g/mol. The number of fused-ring (bicyclic) bond motifs is 1. The molecule has 0 bridgehead atoms. The molecule has 0 aliphatic carbocycles. The van der Waals surface area contributed by atoms with Crippen LogP contribution in [-0.4, -0.2) is 51.9 Å². The van der Waals surface area contributed by atoms with E-state index in [0.29, 0.717) is 21.9 Å². The molecular weight excluding hydrogens is 458 g/mol. The van der Waals surface area contributed by atoms with Crippen LogP contribution in [0, 0.1) is 0 Å². The zero-order valence-electron chi connectivity index (χ0n) is 17.3. The number of nitrogens with zero attached hydrogens (tertiary/aromatic N) is 2. The average Bonchev–Trinajstić information content (AvgIpc) is 3.12. The number of sulfonamides is 1. The molecule has 0 atom stereocenters. The van der Waals surface area contributed by atoms with Crippen LogP contribution in [0.15, 0.2) is 52.3 Å². The largest absolute Gasteiger partial charge is 0.298 e. The molecule has 1 N–H and O–H groups in total. The summed E-state index contributed by atoms with van der Waals surface area (Å²) in [5.41, 5.74) is 0.857. The van der Waals surface area contributed by atoms with Crippen molar-refractivity contribution in [3.05, 3.63) is 48.0 Å². The minimum absolute atomic E-state index is 0.121. The van der Waals surface area contributed by atoms with E-state index in [1.54, 1.807) is 6.07 Å². The van der Waals surface area contributed by atoms with Crippen molar-refractivity contribution in [2.45, 2.75) is 29.6 Å². The number of benzene rings is 2. The van der Waals surface area contributed by atoms with Gasteiger partial charge in [0.1, 0.15) is 0 Å². The lowest BCUT2D eigenvalue weighted by Gasteiger charge is -2.16. The SMILES string of the molecule is CCCCN(C)S(=O)(=O)c1ccc(C(=O)Nc2nc3ccc(S(C)(=O)=O)cc3s2)cc1. The Morgan fingerprint density at radius 3 is 2.32 bits per heavy atom. The second-order valence-electron chi connectivity index (χ2n) is 7.08. The first-order valence-electron chi connectivity index (χ1n) is 9.51. The Bertz CT molecular complexity index is 1310. The van der Waals surface area contributed by atoms with Crippen LogP contribution in [0.5, 0.6) is 0 Å². The molecule has 2 aromatic carbocycles. The summed E-state index contributed by atoms with van der Waals surface area (Å²) in [7, 11) is -5.41. The van der Waals surface area contributed by atoms with Crippen molar-refractivity contribution >= 4 is 52.5 Å². The van der Waals surface area contributed by atoms with Gasteiger partial charge in [0.25, 0.3) is 5.91 Å². The standard InChI is InChI=1S/C20H23N3O5S3/c1-4-5-12-23(2)31(27,28)15-8-6-14(7-9-15)19(24)22-20-21-17-11-10-16(30(3,25)26)13-18(17)29-20/h6-11,13H,4-5,12H2,1-3H3,(H,21,22,24). The molecule has 0 unspecified atom stereocenters. The summed E-state index contributed by atoms with van der Waals surface area (Å²) in [6, 6.07) is 10.3. The Balaban J connectivity index is 1.76. The van der Waals surface area contributed by atoms with E-state index in [2.05, 4.69) is 10.3 Å². The molecule has 3 aromatic rings. The minimum Gasteiger partial charge on any atom is -0.298 e. The van der Waals surface area contributed by atoms with Crippen LogP contribution in [0.2, 0.25) is 0 Å². The molecule has 0 saturated carbocycles. The van der Waals surface area contributed by atoms with E-state index in [1.807, 2.05) is 6.92 Å². The molecule has 0 saturated heterocycles. The Kier molecular flexibility index (Phi) is 6.79. The molecule has 0 aliphatic heterocycles. The number of aromatic nitrogens is 1. The lowest BCUT2D eigenvalue weighted by atomic mass is 10.2. The molecule has 1 heterocycles. The molecule has 0 spiro atoms. The Labute approximate surface area is 185 Å². The molecule has 1 aromatic heterocycles. The van der Waals surface area contributed by atoms with E-state index in [9.17, 15) is 21.6 Å². The first-order chi connectivity index (χ1) is 14.5. The number of hydrogen-bond donors (Lipinski definition) is 1. The van der Waals surface area contributed by atoms with E-state index >= 15 is 0 Å². The van der Waals surface area contributed by atoms with E-state index in [-0.39, 0.29) is 15.4 Å². The molecule has 1 amide bonds. The minimum atomic E-state index is -3.60. The van der Waals surface area contributed by atoms with Gasteiger partial charge in [0, 0.05) is 25.4 Å². The molecule has 166 valence electrons. The van der Waals surface area contributed by atoms with Gasteiger partial charge in [0.05, 0.1) is 20.0 Å². The molecule has 0 aliphatic rings. The van der Waals surface area contributed by atoms with Crippen LogP contribution in [0.1, 0.15) is 30.1 Å². The highest BCUT2D eigenvalue weighted by molar-refractivity contribution is 7.90. The van der Waals surface area contributed by atoms with Crippen molar-refractivity contribution in [2.24, 2.45) is 0 Å². The summed E-state index contributed by atoms with van der Waals surface area (Å²) in [6.45, 7) is 2.42. The van der Waals surface area contributed by atoms with E-state index in [1.165, 1.54) is 47.8 Å². The number of sulfone groups is 1. The number of amides is 1. The average molecular weight is 482 g/mol. The highest BCUT2D eigenvalue weighted by Gasteiger charge is 2.21. The fourth-order valence-electron chi connectivity index (χ4n) is 2.82. The zero-order chi connectivity index (χ0) is 22.8. The molecule has 31 heavy (non-hydrogen) atoms. The van der Waals surface area contributed by atoms with Gasteiger partial charge in [0.15, 0.2) is 15.0 Å². The summed E-state index contributed by atoms with van der Waals surface area (Å²) < 4.78 is 50.5. The number of anilines is 1. The number of unbranched alkanes of at least 4 members (excludes halogenated alkanes) is 1. The van der Waals surface area contributed by atoms with Crippen LogP contribution in [0.25, 0.3) is 10.2 Å². The first-order valence-corrected chi connectivity index (χ1v) is 13.7. The van der Waals surface area contributed by atoms with Gasteiger partial charge in [-0.1, -0.05) is 24.7 Å². The number of carbonyl (C=O) groups is 1. The lowest BCUT2D eigenvalue weighted by molar-refractivity contribution is 0.102. The Hall–Kier alpha value is -2.34. The third-order valence-corrected chi connectivity index (χ3v) is 8.57. The maximum Gasteiger partial charge on any atom is 0.257 e. The zero-order valence-corrected chi connectivity index (χ0v) is 19.8. The fraction of sp³-hybridized carbons (Fsp3) is 0.300. The van der Waals surface area contributed by atoms with E-state index in [4.69, 9.17) is 0 Å².